The summed E-state index contributed by atoms with van der Waals surface area (Å²) in [7, 11) is 0. The van der Waals surface area contributed by atoms with Crippen LogP contribution in [0.5, 0.6) is 0 Å². The summed E-state index contributed by atoms with van der Waals surface area (Å²) < 4.78 is 0. The van der Waals surface area contributed by atoms with Crippen molar-refractivity contribution >= 4 is 11.8 Å². The largest absolute Gasteiger partial charge is 0.357 e. The zero-order valence-corrected chi connectivity index (χ0v) is 13.6. The van der Waals surface area contributed by atoms with Crippen molar-refractivity contribution in [3.63, 3.8) is 0 Å². The second kappa shape index (κ2) is 7.47. The van der Waals surface area contributed by atoms with E-state index in [9.17, 15) is 0 Å². The van der Waals surface area contributed by atoms with Crippen LogP contribution in [0.4, 0.5) is 5.82 Å². The van der Waals surface area contributed by atoms with E-state index in [1.165, 1.54) is 31.2 Å². The van der Waals surface area contributed by atoms with Gasteiger partial charge in [-0.2, -0.15) is 0 Å². The number of aromatic nitrogens is 1. The third-order valence-electron chi connectivity index (χ3n) is 4.39. The van der Waals surface area contributed by atoms with Crippen LogP contribution < -0.4 is 10.2 Å². The molecule has 2 saturated heterocycles. The molecule has 3 rings (SSSR count). The Morgan fingerprint density at radius 1 is 1.14 bits per heavy atom. The Labute approximate surface area is 133 Å². The number of hydrogen-bond acceptors (Lipinski definition) is 3. The molecule has 1 aromatic rings. The summed E-state index contributed by atoms with van der Waals surface area (Å²) in [5.74, 6) is 2.15. The molecule has 1 aromatic heterocycles. The molecule has 0 saturated carbocycles. The molecule has 0 aromatic carbocycles. The van der Waals surface area contributed by atoms with Crippen LogP contribution >= 0.6 is 0 Å². The van der Waals surface area contributed by atoms with E-state index in [1.807, 2.05) is 6.20 Å². The van der Waals surface area contributed by atoms with E-state index in [4.69, 9.17) is 4.99 Å². The molecule has 2 aliphatic rings. The summed E-state index contributed by atoms with van der Waals surface area (Å²) in [6.45, 7) is 8.27. The molecule has 0 unspecified atom stereocenters. The standard InChI is InChI=1S/C17H27N5/c1-2-18-17(22-11-5-6-12-22)20-14-15-7-8-16(19-13-15)21-9-3-4-10-21/h7-8,13H,2-6,9-12,14H2,1H3,(H,18,20). The maximum Gasteiger partial charge on any atom is 0.194 e. The van der Waals surface area contributed by atoms with Crippen molar-refractivity contribution in [2.24, 2.45) is 4.99 Å². The molecular formula is C17H27N5. The van der Waals surface area contributed by atoms with Crippen LogP contribution in [0.3, 0.4) is 0 Å². The SMILES string of the molecule is CCNC(=NCc1ccc(N2CCCC2)nc1)N1CCCC1. The highest BCUT2D eigenvalue weighted by atomic mass is 15.3. The van der Waals surface area contributed by atoms with E-state index in [0.717, 1.165) is 44.5 Å². The van der Waals surface area contributed by atoms with Crippen LogP contribution in [0.25, 0.3) is 0 Å². The van der Waals surface area contributed by atoms with Gasteiger partial charge in [0.1, 0.15) is 5.82 Å². The number of likely N-dealkylation sites (tertiary alicyclic amines) is 1. The number of aliphatic imine (C=N–C) groups is 1. The Hall–Kier alpha value is -1.78. The number of guanidine groups is 1. The molecule has 0 bridgehead atoms. The molecule has 2 fully saturated rings. The summed E-state index contributed by atoms with van der Waals surface area (Å²) in [5.41, 5.74) is 1.18. The van der Waals surface area contributed by atoms with Gasteiger partial charge in [0.2, 0.25) is 0 Å². The predicted octanol–water partition coefficient (Wildman–Crippen LogP) is 2.24. The summed E-state index contributed by atoms with van der Waals surface area (Å²) >= 11 is 0. The van der Waals surface area contributed by atoms with Crippen molar-refractivity contribution in [3.8, 4) is 0 Å². The van der Waals surface area contributed by atoms with Gasteiger partial charge in [-0.25, -0.2) is 9.98 Å². The third-order valence-corrected chi connectivity index (χ3v) is 4.39. The number of nitrogens with one attached hydrogen (secondary N) is 1. The maximum absolute atomic E-state index is 4.77. The van der Waals surface area contributed by atoms with Gasteiger partial charge in [0.05, 0.1) is 6.54 Å². The number of nitrogens with zero attached hydrogens (tertiary/aromatic N) is 4. The first-order valence-electron chi connectivity index (χ1n) is 8.60. The summed E-state index contributed by atoms with van der Waals surface area (Å²) in [4.78, 5) is 14.1. The molecule has 5 nitrogen and oxygen atoms in total. The third kappa shape index (κ3) is 3.70. The van der Waals surface area contributed by atoms with Crippen LogP contribution in [0.1, 0.15) is 38.2 Å². The molecule has 120 valence electrons. The first kappa shape index (κ1) is 15.1. The minimum absolute atomic E-state index is 0.701. The highest BCUT2D eigenvalue weighted by molar-refractivity contribution is 5.80. The van der Waals surface area contributed by atoms with E-state index in [2.05, 4.69) is 39.2 Å². The first-order valence-corrected chi connectivity index (χ1v) is 8.60. The minimum atomic E-state index is 0.701. The van der Waals surface area contributed by atoms with Gasteiger partial charge in [0, 0.05) is 38.9 Å². The minimum Gasteiger partial charge on any atom is -0.357 e. The molecular weight excluding hydrogens is 274 g/mol. The van der Waals surface area contributed by atoms with E-state index < -0.39 is 0 Å². The topological polar surface area (TPSA) is 43.8 Å². The van der Waals surface area contributed by atoms with E-state index in [1.54, 1.807) is 0 Å². The summed E-state index contributed by atoms with van der Waals surface area (Å²) in [6.07, 6.45) is 7.10. The summed E-state index contributed by atoms with van der Waals surface area (Å²) in [6, 6.07) is 4.30. The van der Waals surface area contributed by atoms with Gasteiger partial charge in [-0.3, -0.25) is 0 Å². The van der Waals surface area contributed by atoms with Crippen molar-refractivity contribution in [2.75, 3.05) is 37.6 Å². The quantitative estimate of drug-likeness (QED) is 0.684. The lowest BCUT2D eigenvalue weighted by atomic mass is 10.3. The zero-order chi connectivity index (χ0) is 15.2. The smallest absolute Gasteiger partial charge is 0.194 e. The fraction of sp³-hybridized carbons (Fsp3) is 0.647. The predicted molar refractivity (Wildman–Crippen MR) is 91.3 cm³/mol. The normalized spacial score (nSPS) is 19.0. The molecule has 5 heteroatoms. The number of hydrogen-bond donors (Lipinski definition) is 1. The lowest BCUT2D eigenvalue weighted by Crippen LogP contribution is -2.39. The van der Waals surface area contributed by atoms with Crippen LogP contribution in [0.15, 0.2) is 23.3 Å². The van der Waals surface area contributed by atoms with Gasteiger partial charge in [-0.15, -0.1) is 0 Å². The van der Waals surface area contributed by atoms with Crippen LogP contribution in [-0.4, -0.2) is 48.6 Å². The number of pyridine rings is 1. The Kier molecular flexibility index (Phi) is 5.14. The van der Waals surface area contributed by atoms with Crippen molar-refractivity contribution in [1.29, 1.82) is 0 Å². The van der Waals surface area contributed by atoms with E-state index in [0.29, 0.717) is 6.54 Å². The monoisotopic (exact) mass is 301 g/mol. The van der Waals surface area contributed by atoms with Crippen molar-refractivity contribution in [1.82, 2.24) is 15.2 Å². The van der Waals surface area contributed by atoms with Crippen molar-refractivity contribution < 1.29 is 0 Å². The van der Waals surface area contributed by atoms with Gasteiger partial charge < -0.3 is 15.1 Å². The Morgan fingerprint density at radius 2 is 1.86 bits per heavy atom. The zero-order valence-electron chi connectivity index (χ0n) is 13.6. The molecule has 0 amide bonds. The Balaban J connectivity index is 1.62. The second-order valence-electron chi connectivity index (χ2n) is 6.08. The van der Waals surface area contributed by atoms with Gasteiger partial charge in [0.15, 0.2) is 5.96 Å². The number of anilines is 1. The van der Waals surface area contributed by atoms with Crippen LogP contribution in [0.2, 0.25) is 0 Å². The first-order chi connectivity index (χ1) is 10.9. The number of rotatable bonds is 4. The van der Waals surface area contributed by atoms with E-state index in [-0.39, 0.29) is 0 Å². The lowest BCUT2D eigenvalue weighted by Gasteiger charge is -2.20. The van der Waals surface area contributed by atoms with Crippen molar-refractivity contribution in [3.05, 3.63) is 23.9 Å². The Bertz CT molecular complexity index is 484. The van der Waals surface area contributed by atoms with Crippen LogP contribution in [-0.2, 0) is 6.54 Å². The van der Waals surface area contributed by atoms with Gasteiger partial charge in [-0.1, -0.05) is 6.07 Å². The molecule has 1 N–H and O–H groups in total. The molecule has 2 aliphatic heterocycles. The molecule has 3 heterocycles. The van der Waals surface area contributed by atoms with Gasteiger partial charge >= 0.3 is 0 Å². The van der Waals surface area contributed by atoms with Gasteiger partial charge in [0.25, 0.3) is 0 Å². The molecule has 0 aliphatic carbocycles. The fourth-order valence-corrected chi connectivity index (χ4v) is 3.16. The Morgan fingerprint density at radius 3 is 2.50 bits per heavy atom. The van der Waals surface area contributed by atoms with Crippen molar-refractivity contribution in [2.45, 2.75) is 39.2 Å². The highest BCUT2D eigenvalue weighted by Gasteiger charge is 2.15. The lowest BCUT2D eigenvalue weighted by molar-refractivity contribution is 0.493. The highest BCUT2D eigenvalue weighted by Crippen LogP contribution is 2.18. The van der Waals surface area contributed by atoms with Crippen LogP contribution in [0, 0.1) is 0 Å². The average Bonchev–Trinajstić information content (AvgIpc) is 3.25. The molecule has 0 radical (unpaired) electrons. The second-order valence-corrected chi connectivity index (χ2v) is 6.08. The maximum atomic E-state index is 4.77. The molecule has 0 atom stereocenters. The average molecular weight is 301 g/mol. The summed E-state index contributed by atoms with van der Waals surface area (Å²) in [5, 5.41) is 3.40. The molecule has 0 spiro atoms. The van der Waals surface area contributed by atoms with Gasteiger partial charge in [-0.05, 0) is 44.2 Å². The molecule has 22 heavy (non-hydrogen) atoms. The fourth-order valence-electron chi connectivity index (χ4n) is 3.16. The van der Waals surface area contributed by atoms with E-state index >= 15 is 0 Å².